The molecule has 3 nitrogen and oxygen atoms in total. The molecule has 0 radical (unpaired) electrons. The molecular formula is C13H17F3N2O. The number of methoxy groups -OCH3 is 1. The fourth-order valence-electron chi connectivity index (χ4n) is 2.37. The molecule has 1 aromatic rings. The maximum Gasteiger partial charge on any atom is 0.258 e. The number of alkyl halides is 2. The van der Waals surface area contributed by atoms with Crippen LogP contribution in [0, 0.1) is 5.82 Å². The van der Waals surface area contributed by atoms with E-state index in [9.17, 15) is 13.2 Å². The molecule has 0 spiro atoms. The predicted octanol–water partition coefficient (Wildman–Crippen LogP) is 2.05. The van der Waals surface area contributed by atoms with Gasteiger partial charge >= 0.3 is 0 Å². The van der Waals surface area contributed by atoms with Gasteiger partial charge in [0.25, 0.3) is 6.43 Å². The van der Waals surface area contributed by atoms with E-state index >= 15 is 0 Å². The van der Waals surface area contributed by atoms with Gasteiger partial charge in [0.1, 0.15) is 0 Å². The van der Waals surface area contributed by atoms with Crippen molar-refractivity contribution in [2.75, 3.05) is 33.3 Å². The Hall–Kier alpha value is -1.27. The molecule has 1 aliphatic heterocycles. The predicted molar refractivity (Wildman–Crippen MR) is 66.1 cm³/mol. The van der Waals surface area contributed by atoms with Crippen molar-refractivity contribution in [2.24, 2.45) is 0 Å². The molecule has 0 aliphatic carbocycles. The molecule has 6 heteroatoms. The summed E-state index contributed by atoms with van der Waals surface area (Å²) in [4.78, 5) is 1.61. The molecule has 0 bridgehead atoms. The molecule has 1 atom stereocenters. The number of nitrogens with one attached hydrogen (secondary N) is 1. The average Bonchev–Trinajstić information content (AvgIpc) is 2.42. The van der Waals surface area contributed by atoms with E-state index in [0.717, 1.165) is 0 Å². The van der Waals surface area contributed by atoms with Crippen LogP contribution in [-0.2, 0) is 0 Å². The lowest BCUT2D eigenvalue weighted by Gasteiger charge is -2.34. The van der Waals surface area contributed by atoms with Gasteiger partial charge in [-0.25, -0.2) is 13.2 Å². The van der Waals surface area contributed by atoms with Gasteiger partial charge in [0, 0.05) is 31.7 Å². The Morgan fingerprint density at radius 1 is 1.26 bits per heavy atom. The van der Waals surface area contributed by atoms with Crippen molar-refractivity contribution in [3.63, 3.8) is 0 Å². The normalized spacial score (nSPS) is 18.6. The molecule has 1 heterocycles. The molecule has 0 unspecified atom stereocenters. The molecule has 0 saturated carbocycles. The maximum absolute atomic E-state index is 14.1. The third-order valence-electron chi connectivity index (χ3n) is 3.32. The Morgan fingerprint density at radius 3 is 2.53 bits per heavy atom. The molecule has 0 aromatic heterocycles. The minimum absolute atomic E-state index is 0.00159. The zero-order valence-electron chi connectivity index (χ0n) is 10.7. The smallest absolute Gasteiger partial charge is 0.258 e. The topological polar surface area (TPSA) is 24.5 Å². The van der Waals surface area contributed by atoms with Crippen molar-refractivity contribution in [1.29, 1.82) is 0 Å². The second kappa shape index (κ2) is 6.25. The summed E-state index contributed by atoms with van der Waals surface area (Å²) in [6, 6.07) is 3.14. The van der Waals surface area contributed by atoms with E-state index in [1.807, 2.05) is 0 Å². The summed E-state index contributed by atoms with van der Waals surface area (Å²) in [5.41, 5.74) is -0.00347. The van der Waals surface area contributed by atoms with Crippen molar-refractivity contribution in [3.8, 4) is 5.75 Å². The molecule has 1 N–H and O–H groups in total. The van der Waals surface area contributed by atoms with Crippen molar-refractivity contribution < 1.29 is 17.9 Å². The minimum Gasteiger partial charge on any atom is -0.494 e. The van der Waals surface area contributed by atoms with Gasteiger partial charge in [-0.15, -0.1) is 0 Å². The SMILES string of the molecule is COc1cccc([C@H](C(F)F)N2CCNCC2)c1F. The lowest BCUT2D eigenvalue weighted by Crippen LogP contribution is -2.47. The van der Waals surface area contributed by atoms with E-state index in [1.165, 1.54) is 25.3 Å². The summed E-state index contributed by atoms with van der Waals surface area (Å²) in [6.45, 7) is 2.22. The summed E-state index contributed by atoms with van der Waals surface area (Å²) in [5.74, 6) is -0.702. The van der Waals surface area contributed by atoms with E-state index in [0.29, 0.717) is 26.2 Å². The summed E-state index contributed by atoms with van der Waals surface area (Å²) >= 11 is 0. The minimum atomic E-state index is -2.64. The second-order valence-electron chi connectivity index (χ2n) is 4.43. The number of halogens is 3. The van der Waals surface area contributed by atoms with E-state index in [-0.39, 0.29) is 11.3 Å². The lowest BCUT2D eigenvalue weighted by molar-refractivity contribution is 0.0162. The third kappa shape index (κ3) is 3.01. The summed E-state index contributed by atoms with van der Waals surface area (Å²) < 4.78 is 45.6. The highest BCUT2D eigenvalue weighted by Gasteiger charge is 2.32. The molecule has 1 aliphatic rings. The highest BCUT2D eigenvalue weighted by atomic mass is 19.3. The van der Waals surface area contributed by atoms with Crippen LogP contribution in [0.2, 0.25) is 0 Å². The van der Waals surface area contributed by atoms with Gasteiger partial charge in [-0.1, -0.05) is 12.1 Å². The van der Waals surface area contributed by atoms with Gasteiger partial charge in [-0.05, 0) is 6.07 Å². The van der Waals surface area contributed by atoms with Crippen LogP contribution in [0.5, 0.6) is 5.75 Å². The first kappa shape index (κ1) is 14.1. The van der Waals surface area contributed by atoms with Crippen LogP contribution < -0.4 is 10.1 Å². The van der Waals surface area contributed by atoms with Gasteiger partial charge in [-0.2, -0.15) is 0 Å². The van der Waals surface area contributed by atoms with Crippen molar-refractivity contribution >= 4 is 0 Å². The fourth-order valence-corrected chi connectivity index (χ4v) is 2.37. The summed E-state index contributed by atoms with van der Waals surface area (Å²) in [7, 11) is 1.32. The van der Waals surface area contributed by atoms with Crippen molar-refractivity contribution in [3.05, 3.63) is 29.6 Å². The average molecular weight is 274 g/mol. The summed E-state index contributed by atoms with van der Waals surface area (Å²) in [5, 5.41) is 3.09. The van der Waals surface area contributed by atoms with Crippen molar-refractivity contribution in [1.82, 2.24) is 10.2 Å². The maximum atomic E-state index is 14.1. The van der Waals surface area contributed by atoms with Gasteiger partial charge in [0.15, 0.2) is 11.6 Å². The molecule has 1 aromatic carbocycles. The number of rotatable bonds is 4. The van der Waals surface area contributed by atoms with Crippen LogP contribution in [0.3, 0.4) is 0 Å². The number of benzene rings is 1. The highest BCUT2D eigenvalue weighted by molar-refractivity contribution is 5.33. The molecule has 19 heavy (non-hydrogen) atoms. The van der Waals surface area contributed by atoms with Crippen LogP contribution in [0.4, 0.5) is 13.2 Å². The van der Waals surface area contributed by atoms with Crippen LogP contribution in [0.25, 0.3) is 0 Å². The Morgan fingerprint density at radius 2 is 1.95 bits per heavy atom. The lowest BCUT2D eigenvalue weighted by atomic mass is 10.0. The van der Waals surface area contributed by atoms with Gasteiger partial charge in [0.05, 0.1) is 13.2 Å². The van der Waals surface area contributed by atoms with Crippen LogP contribution in [0.1, 0.15) is 11.6 Å². The van der Waals surface area contributed by atoms with E-state index in [4.69, 9.17) is 4.74 Å². The van der Waals surface area contributed by atoms with Crippen molar-refractivity contribution in [2.45, 2.75) is 12.5 Å². The first-order valence-corrected chi connectivity index (χ1v) is 6.20. The number of hydrogen-bond donors (Lipinski definition) is 1. The van der Waals surface area contributed by atoms with E-state index < -0.39 is 18.3 Å². The number of nitrogens with zero attached hydrogens (tertiary/aromatic N) is 1. The quantitative estimate of drug-likeness (QED) is 0.909. The first-order valence-electron chi connectivity index (χ1n) is 6.20. The largest absolute Gasteiger partial charge is 0.494 e. The monoisotopic (exact) mass is 274 g/mol. The number of hydrogen-bond acceptors (Lipinski definition) is 3. The Kier molecular flexibility index (Phi) is 4.66. The van der Waals surface area contributed by atoms with E-state index in [2.05, 4.69) is 5.32 Å². The molecule has 0 amide bonds. The van der Waals surface area contributed by atoms with Gasteiger partial charge in [-0.3, -0.25) is 4.90 Å². The third-order valence-corrected chi connectivity index (χ3v) is 3.32. The zero-order chi connectivity index (χ0) is 13.8. The molecule has 1 saturated heterocycles. The second-order valence-corrected chi connectivity index (χ2v) is 4.43. The van der Waals surface area contributed by atoms with Crippen LogP contribution in [-0.4, -0.2) is 44.6 Å². The molecular weight excluding hydrogens is 257 g/mol. The van der Waals surface area contributed by atoms with Crippen LogP contribution in [0.15, 0.2) is 18.2 Å². The highest BCUT2D eigenvalue weighted by Crippen LogP contribution is 2.33. The molecule has 106 valence electrons. The Balaban J connectivity index is 2.33. The van der Waals surface area contributed by atoms with E-state index in [1.54, 1.807) is 4.90 Å². The van der Waals surface area contributed by atoms with Crippen LogP contribution >= 0.6 is 0 Å². The fraction of sp³-hybridized carbons (Fsp3) is 0.538. The first-order chi connectivity index (χ1) is 9.15. The number of piperazine rings is 1. The zero-order valence-corrected chi connectivity index (χ0v) is 10.7. The Bertz CT molecular complexity index is 422. The van der Waals surface area contributed by atoms with Gasteiger partial charge < -0.3 is 10.1 Å². The standard InChI is InChI=1S/C13H17F3N2O/c1-19-10-4-2-3-9(11(10)14)12(13(15)16)18-7-5-17-6-8-18/h2-4,12-13,17H,5-8H2,1H3/t12-/m1/s1. The molecule has 1 fully saturated rings. The molecule has 2 rings (SSSR count). The van der Waals surface area contributed by atoms with Gasteiger partial charge in [0.2, 0.25) is 0 Å². The Labute approximate surface area is 110 Å². The number of ether oxygens (including phenoxy) is 1. The summed E-state index contributed by atoms with van der Waals surface area (Å²) in [6.07, 6.45) is -2.64.